The van der Waals surface area contributed by atoms with Crippen LogP contribution in [0.5, 0.6) is 0 Å². The number of carboxylic acids is 1. The number of urea groups is 1. The molecule has 0 saturated carbocycles. The highest BCUT2D eigenvalue weighted by Crippen LogP contribution is 1.95. The molecule has 0 spiro atoms. The molecule has 0 aromatic heterocycles. The molecule has 3 N–H and O–H groups in total. The average Bonchev–Trinajstić information content (AvgIpc) is 2.41. The Morgan fingerprint density at radius 3 is 2.60 bits per heavy atom. The van der Waals surface area contributed by atoms with Crippen molar-refractivity contribution in [2.24, 2.45) is 0 Å². The summed E-state index contributed by atoms with van der Waals surface area (Å²) in [4.78, 5) is 33.2. The molecule has 0 aromatic carbocycles. The molecule has 2 amide bonds. The van der Waals surface area contributed by atoms with Crippen LogP contribution in [0.2, 0.25) is 0 Å². The SMILES string of the molecule is C=CCCOCCNC(=O)N[C@@H](CC(=O)OC)C(=O)O. The quantitative estimate of drug-likeness (QED) is 0.294. The first-order valence-electron chi connectivity index (χ1n) is 6.03. The summed E-state index contributed by atoms with van der Waals surface area (Å²) in [7, 11) is 1.14. The minimum absolute atomic E-state index is 0.230. The second kappa shape index (κ2) is 10.8. The molecule has 8 nitrogen and oxygen atoms in total. The van der Waals surface area contributed by atoms with E-state index in [1.165, 1.54) is 0 Å². The van der Waals surface area contributed by atoms with Gasteiger partial charge in [0.1, 0.15) is 6.04 Å². The number of rotatable bonds is 10. The standard InChI is InChI=1S/C12H20N2O6/c1-3-4-6-20-7-5-13-12(18)14-9(11(16)17)8-10(15)19-2/h3,9H,1,4-8H2,2H3,(H,16,17)(H2,13,14,18)/t9-/m0/s1. The summed E-state index contributed by atoms with van der Waals surface area (Å²) in [6, 6.07) is -2.02. The summed E-state index contributed by atoms with van der Waals surface area (Å²) in [6.07, 6.45) is 1.99. The Balaban J connectivity index is 3.92. The van der Waals surface area contributed by atoms with E-state index in [1.54, 1.807) is 6.08 Å². The first kappa shape index (κ1) is 17.9. The molecule has 0 saturated heterocycles. The van der Waals surface area contributed by atoms with Crippen LogP contribution >= 0.6 is 0 Å². The second-order valence-electron chi connectivity index (χ2n) is 3.76. The smallest absolute Gasteiger partial charge is 0.326 e. The van der Waals surface area contributed by atoms with Gasteiger partial charge in [0, 0.05) is 6.54 Å². The lowest BCUT2D eigenvalue weighted by atomic mass is 10.2. The molecule has 0 heterocycles. The molecule has 0 fully saturated rings. The zero-order chi connectivity index (χ0) is 15.4. The number of hydrogen-bond donors (Lipinski definition) is 3. The van der Waals surface area contributed by atoms with Gasteiger partial charge < -0.3 is 25.2 Å². The third kappa shape index (κ3) is 8.92. The van der Waals surface area contributed by atoms with Crippen molar-refractivity contribution in [3.63, 3.8) is 0 Å². The number of ether oxygens (including phenoxy) is 2. The van der Waals surface area contributed by atoms with Crippen molar-refractivity contribution in [3.05, 3.63) is 12.7 Å². The molecule has 0 unspecified atom stereocenters. The molecule has 0 aliphatic carbocycles. The maximum atomic E-state index is 11.4. The molecule has 8 heteroatoms. The molecule has 114 valence electrons. The number of methoxy groups -OCH3 is 1. The lowest BCUT2D eigenvalue weighted by molar-refractivity contribution is -0.147. The van der Waals surface area contributed by atoms with Crippen LogP contribution in [0.25, 0.3) is 0 Å². The number of carbonyl (C=O) groups excluding carboxylic acids is 2. The van der Waals surface area contributed by atoms with Crippen LogP contribution < -0.4 is 10.6 Å². The normalized spacial score (nSPS) is 11.2. The molecular formula is C12H20N2O6. The number of carboxylic acid groups (broad SMARTS) is 1. The van der Waals surface area contributed by atoms with Crippen molar-refractivity contribution in [2.45, 2.75) is 18.9 Å². The second-order valence-corrected chi connectivity index (χ2v) is 3.76. The van der Waals surface area contributed by atoms with Gasteiger partial charge in [0.2, 0.25) is 0 Å². The van der Waals surface area contributed by atoms with Crippen molar-refractivity contribution < 1.29 is 29.0 Å². The number of nitrogens with one attached hydrogen (secondary N) is 2. The van der Waals surface area contributed by atoms with Gasteiger partial charge in [-0.3, -0.25) is 4.79 Å². The van der Waals surface area contributed by atoms with Crippen molar-refractivity contribution >= 4 is 18.0 Å². The monoisotopic (exact) mass is 288 g/mol. The van der Waals surface area contributed by atoms with Gasteiger partial charge in [-0.25, -0.2) is 9.59 Å². The molecule has 0 radical (unpaired) electrons. The van der Waals surface area contributed by atoms with E-state index in [-0.39, 0.29) is 6.54 Å². The summed E-state index contributed by atoms with van der Waals surface area (Å²) in [5.41, 5.74) is 0. The van der Waals surface area contributed by atoms with Crippen LogP contribution in [0.4, 0.5) is 4.79 Å². The third-order valence-corrected chi connectivity index (χ3v) is 2.20. The largest absolute Gasteiger partial charge is 0.480 e. The minimum atomic E-state index is -1.33. The van der Waals surface area contributed by atoms with Gasteiger partial charge >= 0.3 is 18.0 Å². The van der Waals surface area contributed by atoms with Crippen molar-refractivity contribution in [2.75, 3.05) is 26.9 Å². The van der Waals surface area contributed by atoms with Gasteiger partial charge in [0.25, 0.3) is 0 Å². The van der Waals surface area contributed by atoms with Gasteiger partial charge in [0.05, 0.1) is 26.7 Å². The summed E-state index contributed by atoms with van der Waals surface area (Å²) < 4.78 is 9.50. The third-order valence-electron chi connectivity index (χ3n) is 2.20. The Labute approximate surface area is 117 Å². The molecule has 0 rings (SSSR count). The fourth-order valence-electron chi connectivity index (χ4n) is 1.16. The van der Waals surface area contributed by atoms with E-state index in [4.69, 9.17) is 9.84 Å². The van der Waals surface area contributed by atoms with Gasteiger partial charge in [-0.1, -0.05) is 6.08 Å². The fourth-order valence-corrected chi connectivity index (χ4v) is 1.16. The van der Waals surface area contributed by atoms with Crippen molar-refractivity contribution in [1.82, 2.24) is 10.6 Å². The predicted octanol–water partition coefficient (Wildman–Crippen LogP) is -0.105. The van der Waals surface area contributed by atoms with Crippen LogP contribution in [0.3, 0.4) is 0 Å². The van der Waals surface area contributed by atoms with Crippen LogP contribution in [-0.4, -0.2) is 56.0 Å². The maximum absolute atomic E-state index is 11.4. The number of amides is 2. The number of esters is 1. The lowest BCUT2D eigenvalue weighted by Gasteiger charge is -2.14. The van der Waals surface area contributed by atoms with E-state index in [1.807, 2.05) is 0 Å². The van der Waals surface area contributed by atoms with Gasteiger partial charge in [-0.05, 0) is 6.42 Å². The van der Waals surface area contributed by atoms with Gasteiger partial charge in [-0.15, -0.1) is 6.58 Å². The minimum Gasteiger partial charge on any atom is -0.480 e. The van der Waals surface area contributed by atoms with Crippen molar-refractivity contribution in [1.29, 1.82) is 0 Å². The lowest BCUT2D eigenvalue weighted by Crippen LogP contribution is -2.47. The van der Waals surface area contributed by atoms with E-state index < -0.39 is 30.4 Å². The molecule has 0 aromatic rings. The Kier molecular flexibility index (Phi) is 9.67. The van der Waals surface area contributed by atoms with E-state index in [9.17, 15) is 14.4 Å². The Morgan fingerprint density at radius 2 is 2.05 bits per heavy atom. The molecule has 1 atom stereocenters. The van der Waals surface area contributed by atoms with Crippen molar-refractivity contribution in [3.8, 4) is 0 Å². The van der Waals surface area contributed by atoms with E-state index in [0.29, 0.717) is 19.6 Å². The highest BCUT2D eigenvalue weighted by atomic mass is 16.5. The topological polar surface area (TPSA) is 114 Å². The summed E-state index contributed by atoms with van der Waals surface area (Å²) in [5, 5.41) is 13.4. The number of hydrogen-bond acceptors (Lipinski definition) is 5. The first-order chi connectivity index (χ1) is 9.51. The molecule has 0 aliphatic rings. The van der Waals surface area contributed by atoms with Crippen LogP contribution in [0.1, 0.15) is 12.8 Å². The number of aliphatic carboxylic acids is 1. The van der Waals surface area contributed by atoms with Crippen LogP contribution in [-0.2, 0) is 19.1 Å². The number of carbonyl (C=O) groups is 3. The Bertz CT molecular complexity index is 345. The molecule has 0 bridgehead atoms. The fraction of sp³-hybridized carbons (Fsp3) is 0.583. The van der Waals surface area contributed by atoms with Crippen LogP contribution in [0, 0.1) is 0 Å². The summed E-state index contributed by atoms with van der Waals surface area (Å²) in [6.45, 7) is 4.57. The summed E-state index contributed by atoms with van der Waals surface area (Å²) >= 11 is 0. The van der Waals surface area contributed by atoms with E-state index in [2.05, 4.69) is 21.9 Å². The predicted molar refractivity (Wildman–Crippen MR) is 70.2 cm³/mol. The first-order valence-corrected chi connectivity index (χ1v) is 6.03. The molecule has 20 heavy (non-hydrogen) atoms. The van der Waals surface area contributed by atoms with Gasteiger partial charge in [0.15, 0.2) is 0 Å². The molecular weight excluding hydrogens is 268 g/mol. The highest BCUT2D eigenvalue weighted by molar-refractivity contribution is 5.86. The summed E-state index contributed by atoms with van der Waals surface area (Å²) in [5.74, 6) is -2.03. The zero-order valence-electron chi connectivity index (χ0n) is 11.4. The van der Waals surface area contributed by atoms with Gasteiger partial charge in [-0.2, -0.15) is 0 Å². The maximum Gasteiger partial charge on any atom is 0.326 e. The van der Waals surface area contributed by atoms with E-state index in [0.717, 1.165) is 7.11 Å². The average molecular weight is 288 g/mol. The zero-order valence-corrected chi connectivity index (χ0v) is 11.4. The Morgan fingerprint density at radius 1 is 1.35 bits per heavy atom. The van der Waals surface area contributed by atoms with Crippen LogP contribution in [0.15, 0.2) is 12.7 Å². The highest BCUT2D eigenvalue weighted by Gasteiger charge is 2.23. The van der Waals surface area contributed by atoms with E-state index >= 15 is 0 Å². The molecule has 0 aliphatic heterocycles. The Hall–Kier alpha value is -2.09.